The van der Waals surface area contributed by atoms with Crippen LogP contribution in [-0.4, -0.2) is 29.6 Å². The van der Waals surface area contributed by atoms with E-state index in [1.807, 2.05) is 0 Å². The molecule has 1 saturated carbocycles. The summed E-state index contributed by atoms with van der Waals surface area (Å²) in [7, 11) is 0. The highest BCUT2D eigenvalue weighted by Gasteiger charge is 2.44. The third-order valence-corrected chi connectivity index (χ3v) is 5.81. The maximum absolute atomic E-state index is 6.42. The molecular formula is C19H38N2. The van der Waals surface area contributed by atoms with Gasteiger partial charge in [-0.25, -0.2) is 0 Å². The predicted octanol–water partition coefficient (Wildman–Crippen LogP) is 4.43. The monoisotopic (exact) mass is 294 g/mol. The van der Waals surface area contributed by atoms with Gasteiger partial charge in [-0.15, -0.1) is 0 Å². The van der Waals surface area contributed by atoms with Crippen LogP contribution in [0.5, 0.6) is 0 Å². The molecule has 21 heavy (non-hydrogen) atoms. The molecule has 2 unspecified atom stereocenters. The first-order valence-corrected chi connectivity index (χ1v) is 9.45. The summed E-state index contributed by atoms with van der Waals surface area (Å²) in [5, 5.41) is 0. The average molecular weight is 295 g/mol. The van der Waals surface area contributed by atoms with E-state index in [4.69, 9.17) is 5.73 Å². The van der Waals surface area contributed by atoms with Crippen molar-refractivity contribution >= 4 is 0 Å². The number of rotatable bonds is 6. The lowest BCUT2D eigenvalue weighted by Crippen LogP contribution is -2.62. The van der Waals surface area contributed by atoms with E-state index in [2.05, 4.69) is 32.6 Å². The average Bonchev–Trinajstić information content (AvgIpc) is 2.45. The van der Waals surface area contributed by atoms with Crippen LogP contribution < -0.4 is 5.73 Å². The minimum absolute atomic E-state index is 0.253. The lowest BCUT2D eigenvalue weighted by atomic mass is 9.72. The van der Waals surface area contributed by atoms with Crippen LogP contribution in [0.3, 0.4) is 0 Å². The van der Waals surface area contributed by atoms with E-state index >= 15 is 0 Å². The van der Waals surface area contributed by atoms with Gasteiger partial charge in [0.25, 0.3) is 0 Å². The highest BCUT2D eigenvalue weighted by Crippen LogP contribution is 2.42. The van der Waals surface area contributed by atoms with E-state index in [0.29, 0.717) is 0 Å². The van der Waals surface area contributed by atoms with E-state index in [1.165, 1.54) is 57.9 Å². The largest absolute Gasteiger partial charge is 0.329 e. The van der Waals surface area contributed by atoms with Gasteiger partial charge >= 0.3 is 0 Å². The molecule has 2 fully saturated rings. The fourth-order valence-electron chi connectivity index (χ4n) is 5.34. The van der Waals surface area contributed by atoms with E-state index < -0.39 is 0 Å². The number of hydrogen-bond acceptors (Lipinski definition) is 2. The second kappa shape index (κ2) is 7.46. The fourth-order valence-corrected chi connectivity index (χ4v) is 5.34. The van der Waals surface area contributed by atoms with Crippen molar-refractivity contribution in [2.45, 2.75) is 90.6 Å². The Bertz CT molecular complexity index is 299. The predicted molar refractivity (Wildman–Crippen MR) is 92.4 cm³/mol. The SMILES string of the molecule is CC(C)CC(CN)(CC(C)C)N1CCCC2CCCCC21. The number of fused-ring (bicyclic) bond motifs is 1. The molecule has 0 aromatic rings. The summed E-state index contributed by atoms with van der Waals surface area (Å²) in [4.78, 5) is 2.90. The van der Waals surface area contributed by atoms with Crippen LogP contribution in [0.25, 0.3) is 0 Å². The van der Waals surface area contributed by atoms with Crippen LogP contribution >= 0.6 is 0 Å². The number of likely N-dealkylation sites (tertiary alicyclic amines) is 1. The maximum Gasteiger partial charge on any atom is 0.0339 e. The molecule has 0 bridgehead atoms. The first kappa shape index (κ1) is 17.3. The third-order valence-electron chi connectivity index (χ3n) is 5.81. The van der Waals surface area contributed by atoms with Gasteiger partial charge < -0.3 is 5.73 Å². The number of hydrogen-bond donors (Lipinski definition) is 1. The van der Waals surface area contributed by atoms with Gasteiger partial charge in [-0.1, -0.05) is 40.5 Å². The third kappa shape index (κ3) is 4.01. The van der Waals surface area contributed by atoms with Gasteiger partial charge in [-0.3, -0.25) is 4.90 Å². The molecule has 1 saturated heterocycles. The van der Waals surface area contributed by atoms with Gasteiger partial charge in [0.15, 0.2) is 0 Å². The molecule has 0 amide bonds. The van der Waals surface area contributed by atoms with Gasteiger partial charge in [0, 0.05) is 18.1 Å². The van der Waals surface area contributed by atoms with Crippen molar-refractivity contribution in [3.8, 4) is 0 Å². The highest BCUT2D eigenvalue weighted by molar-refractivity contribution is 5.00. The Labute approximate surface area is 132 Å². The molecule has 2 atom stereocenters. The van der Waals surface area contributed by atoms with Crippen LogP contribution in [0.4, 0.5) is 0 Å². The Hall–Kier alpha value is -0.0800. The summed E-state index contributed by atoms with van der Waals surface area (Å²) >= 11 is 0. The van der Waals surface area contributed by atoms with Crippen LogP contribution in [0.2, 0.25) is 0 Å². The standard InChI is InChI=1S/C19H38N2/c1-15(2)12-19(14-20,13-16(3)4)21-11-7-9-17-8-5-6-10-18(17)21/h15-18H,5-14,20H2,1-4H3. The Morgan fingerprint density at radius 3 is 2.10 bits per heavy atom. The number of piperidine rings is 1. The topological polar surface area (TPSA) is 29.3 Å². The van der Waals surface area contributed by atoms with Gasteiger partial charge in [0.2, 0.25) is 0 Å². The maximum atomic E-state index is 6.42. The van der Waals surface area contributed by atoms with Crippen molar-refractivity contribution in [2.75, 3.05) is 13.1 Å². The smallest absolute Gasteiger partial charge is 0.0339 e. The molecule has 0 radical (unpaired) electrons. The van der Waals surface area contributed by atoms with E-state index in [1.54, 1.807) is 0 Å². The summed E-state index contributed by atoms with van der Waals surface area (Å²) < 4.78 is 0. The number of nitrogens with two attached hydrogens (primary N) is 1. The molecule has 1 heterocycles. The highest BCUT2D eigenvalue weighted by atomic mass is 15.2. The molecule has 124 valence electrons. The normalized spacial score (nSPS) is 28.1. The molecule has 2 aliphatic rings. The summed E-state index contributed by atoms with van der Waals surface area (Å²) in [6.07, 6.45) is 11.2. The van der Waals surface area contributed by atoms with Crippen LogP contribution in [-0.2, 0) is 0 Å². The molecule has 2 N–H and O–H groups in total. The van der Waals surface area contributed by atoms with E-state index in [9.17, 15) is 0 Å². The lowest BCUT2D eigenvalue weighted by molar-refractivity contribution is -0.0446. The fraction of sp³-hybridized carbons (Fsp3) is 1.00. The zero-order valence-electron chi connectivity index (χ0n) is 14.9. The van der Waals surface area contributed by atoms with Gasteiger partial charge in [0.05, 0.1) is 0 Å². The van der Waals surface area contributed by atoms with Crippen LogP contribution in [0.1, 0.15) is 79.1 Å². The summed E-state index contributed by atoms with van der Waals surface area (Å²) in [6, 6.07) is 0.827. The van der Waals surface area contributed by atoms with Crippen molar-refractivity contribution in [1.29, 1.82) is 0 Å². The Morgan fingerprint density at radius 2 is 1.52 bits per heavy atom. The molecule has 2 rings (SSSR count). The quantitative estimate of drug-likeness (QED) is 0.785. The van der Waals surface area contributed by atoms with E-state index in [0.717, 1.165) is 30.3 Å². The van der Waals surface area contributed by atoms with Gasteiger partial charge in [0.1, 0.15) is 0 Å². The Morgan fingerprint density at radius 1 is 0.952 bits per heavy atom. The van der Waals surface area contributed by atoms with E-state index in [-0.39, 0.29) is 5.54 Å². The summed E-state index contributed by atoms with van der Waals surface area (Å²) in [5.74, 6) is 2.42. The molecular weight excluding hydrogens is 256 g/mol. The van der Waals surface area contributed by atoms with Crippen molar-refractivity contribution < 1.29 is 0 Å². The summed E-state index contributed by atoms with van der Waals surface area (Å²) in [5.41, 5.74) is 6.67. The second-order valence-corrected chi connectivity index (χ2v) is 8.57. The van der Waals surface area contributed by atoms with Gasteiger partial charge in [-0.05, 0) is 62.8 Å². The zero-order chi connectivity index (χ0) is 15.5. The molecule has 1 aliphatic heterocycles. The Kier molecular flexibility index (Phi) is 6.14. The molecule has 2 heteroatoms. The molecule has 0 aromatic heterocycles. The molecule has 1 aliphatic carbocycles. The van der Waals surface area contributed by atoms with Crippen LogP contribution in [0, 0.1) is 17.8 Å². The number of nitrogens with zero attached hydrogens (tertiary/aromatic N) is 1. The molecule has 0 aromatic carbocycles. The summed E-state index contributed by atoms with van der Waals surface area (Å²) in [6.45, 7) is 11.6. The molecule has 2 nitrogen and oxygen atoms in total. The lowest BCUT2D eigenvalue weighted by Gasteiger charge is -2.55. The Balaban J connectivity index is 2.24. The van der Waals surface area contributed by atoms with Crippen LogP contribution in [0.15, 0.2) is 0 Å². The van der Waals surface area contributed by atoms with Crippen molar-refractivity contribution in [1.82, 2.24) is 4.90 Å². The second-order valence-electron chi connectivity index (χ2n) is 8.57. The minimum atomic E-state index is 0.253. The van der Waals surface area contributed by atoms with Crippen molar-refractivity contribution in [3.63, 3.8) is 0 Å². The first-order chi connectivity index (χ1) is 9.98. The van der Waals surface area contributed by atoms with Crippen molar-refractivity contribution in [3.05, 3.63) is 0 Å². The van der Waals surface area contributed by atoms with Crippen molar-refractivity contribution in [2.24, 2.45) is 23.5 Å². The van der Waals surface area contributed by atoms with Gasteiger partial charge in [-0.2, -0.15) is 0 Å². The first-order valence-electron chi connectivity index (χ1n) is 9.45. The molecule has 0 spiro atoms. The minimum Gasteiger partial charge on any atom is -0.329 e. The zero-order valence-corrected chi connectivity index (χ0v) is 14.9.